The predicted octanol–water partition coefficient (Wildman–Crippen LogP) is 2.18. The van der Waals surface area contributed by atoms with Crippen LogP contribution in [0.4, 0.5) is 5.13 Å². The van der Waals surface area contributed by atoms with Gasteiger partial charge in [-0.25, -0.2) is 4.98 Å². The molecule has 2 amide bonds. The normalized spacial score (nSPS) is 18.4. The molecule has 1 N–H and O–H groups in total. The van der Waals surface area contributed by atoms with Crippen LogP contribution in [0.15, 0.2) is 0 Å². The Morgan fingerprint density at radius 2 is 2.25 bits per heavy atom. The molecule has 0 atom stereocenters. The van der Waals surface area contributed by atoms with Gasteiger partial charge >= 0.3 is 0 Å². The van der Waals surface area contributed by atoms with Crippen LogP contribution in [0.3, 0.4) is 0 Å². The second kappa shape index (κ2) is 5.52. The van der Waals surface area contributed by atoms with Gasteiger partial charge < -0.3 is 10.2 Å². The van der Waals surface area contributed by atoms with Crippen LogP contribution < -0.4 is 5.32 Å². The summed E-state index contributed by atoms with van der Waals surface area (Å²) in [4.78, 5) is 31.1. The molecule has 0 bridgehead atoms. The molecular weight excluding hydrogens is 274 g/mol. The first-order valence-corrected chi connectivity index (χ1v) is 8.06. The largest absolute Gasteiger partial charge is 0.337 e. The Bertz CT molecular complexity index is 537. The molecule has 0 saturated heterocycles. The van der Waals surface area contributed by atoms with E-state index in [1.165, 1.54) is 11.3 Å². The Hall–Kier alpha value is -1.43. The van der Waals surface area contributed by atoms with E-state index < -0.39 is 0 Å². The summed E-state index contributed by atoms with van der Waals surface area (Å²) in [6, 6.07) is 0. The number of carbonyl (C=O) groups is 2. The third-order valence-corrected chi connectivity index (χ3v) is 5.09. The van der Waals surface area contributed by atoms with E-state index in [0.717, 1.165) is 42.8 Å². The van der Waals surface area contributed by atoms with Gasteiger partial charge in [0.05, 0.1) is 12.2 Å². The van der Waals surface area contributed by atoms with Gasteiger partial charge in [-0.3, -0.25) is 9.59 Å². The number of amides is 2. The summed E-state index contributed by atoms with van der Waals surface area (Å²) < 4.78 is 0. The number of fused-ring (bicyclic) bond motifs is 1. The van der Waals surface area contributed by atoms with Gasteiger partial charge in [-0.05, 0) is 12.8 Å². The van der Waals surface area contributed by atoms with Gasteiger partial charge in [-0.2, -0.15) is 0 Å². The topological polar surface area (TPSA) is 62.3 Å². The lowest BCUT2D eigenvalue weighted by Crippen LogP contribution is -2.34. The van der Waals surface area contributed by atoms with Crippen LogP contribution in [-0.4, -0.2) is 28.2 Å². The Morgan fingerprint density at radius 1 is 1.45 bits per heavy atom. The first-order valence-electron chi connectivity index (χ1n) is 7.24. The zero-order chi connectivity index (χ0) is 14.1. The lowest BCUT2D eigenvalue weighted by atomic mass is 9.85. The molecule has 5 nitrogen and oxygen atoms in total. The minimum atomic E-state index is 0.101. The molecule has 1 saturated carbocycles. The number of nitrogens with zero attached hydrogens (tertiary/aromatic N) is 2. The summed E-state index contributed by atoms with van der Waals surface area (Å²) in [5.74, 6) is 0.460. The highest BCUT2D eigenvalue weighted by atomic mass is 32.1. The molecule has 1 aromatic rings. The quantitative estimate of drug-likeness (QED) is 0.929. The fourth-order valence-corrected chi connectivity index (χ4v) is 3.59. The molecule has 1 aliphatic heterocycles. The number of aromatic nitrogens is 1. The number of anilines is 1. The summed E-state index contributed by atoms with van der Waals surface area (Å²) in [5.41, 5.74) is 1.04. The number of nitrogens with one attached hydrogen (secondary N) is 1. The number of hydrogen-bond acceptors (Lipinski definition) is 4. The second-order valence-electron chi connectivity index (χ2n) is 5.42. The Balaban J connectivity index is 1.66. The molecule has 1 fully saturated rings. The number of hydrogen-bond donors (Lipinski definition) is 1. The summed E-state index contributed by atoms with van der Waals surface area (Å²) in [7, 11) is 0. The SMILES string of the molecule is CCC(=O)N1CCc2nc(NC(=O)C3CCC3)sc2C1. The van der Waals surface area contributed by atoms with Gasteiger partial charge in [0.15, 0.2) is 5.13 Å². The van der Waals surface area contributed by atoms with Crippen molar-refractivity contribution in [3.05, 3.63) is 10.6 Å². The van der Waals surface area contributed by atoms with Crippen molar-refractivity contribution in [3.8, 4) is 0 Å². The van der Waals surface area contributed by atoms with Crippen molar-refractivity contribution in [1.82, 2.24) is 9.88 Å². The van der Waals surface area contributed by atoms with E-state index in [9.17, 15) is 9.59 Å². The summed E-state index contributed by atoms with van der Waals surface area (Å²) in [5, 5.41) is 3.62. The van der Waals surface area contributed by atoms with Crippen LogP contribution in [0.5, 0.6) is 0 Å². The van der Waals surface area contributed by atoms with E-state index in [4.69, 9.17) is 0 Å². The van der Waals surface area contributed by atoms with Crippen molar-refractivity contribution in [2.75, 3.05) is 11.9 Å². The summed E-state index contributed by atoms with van der Waals surface area (Å²) in [6.07, 6.45) is 4.47. The van der Waals surface area contributed by atoms with E-state index in [1.807, 2.05) is 11.8 Å². The molecule has 3 rings (SSSR count). The fourth-order valence-electron chi connectivity index (χ4n) is 2.56. The highest BCUT2D eigenvalue weighted by Gasteiger charge is 2.27. The lowest BCUT2D eigenvalue weighted by molar-refractivity contribution is -0.131. The molecule has 2 heterocycles. The average Bonchev–Trinajstić information content (AvgIpc) is 2.76. The van der Waals surface area contributed by atoms with E-state index in [0.29, 0.717) is 18.1 Å². The van der Waals surface area contributed by atoms with Crippen LogP contribution >= 0.6 is 11.3 Å². The van der Waals surface area contributed by atoms with Gasteiger partial charge in [-0.15, -0.1) is 0 Å². The maximum absolute atomic E-state index is 11.9. The molecule has 6 heteroatoms. The van der Waals surface area contributed by atoms with Gasteiger partial charge in [0.25, 0.3) is 0 Å². The van der Waals surface area contributed by atoms with Crippen LogP contribution in [0, 0.1) is 5.92 Å². The zero-order valence-corrected chi connectivity index (χ0v) is 12.5. The van der Waals surface area contributed by atoms with Crippen molar-refractivity contribution in [1.29, 1.82) is 0 Å². The number of thiazole rings is 1. The van der Waals surface area contributed by atoms with Crippen molar-refractivity contribution in [3.63, 3.8) is 0 Å². The molecular formula is C14H19N3O2S. The molecule has 2 aliphatic rings. The highest BCUT2D eigenvalue weighted by molar-refractivity contribution is 7.15. The molecule has 0 aromatic carbocycles. The molecule has 0 unspecified atom stereocenters. The Morgan fingerprint density at radius 3 is 2.90 bits per heavy atom. The highest BCUT2D eigenvalue weighted by Crippen LogP contribution is 2.31. The number of rotatable bonds is 3. The Kier molecular flexibility index (Phi) is 3.74. The number of carbonyl (C=O) groups excluding carboxylic acids is 2. The Labute approximate surface area is 122 Å². The standard InChI is InChI=1S/C14H19N3O2S/c1-2-12(18)17-7-6-10-11(8-17)20-14(15-10)16-13(19)9-4-3-5-9/h9H,2-8H2,1H3,(H,15,16,19). The minimum Gasteiger partial charge on any atom is -0.337 e. The van der Waals surface area contributed by atoms with Crippen LogP contribution in [0.25, 0.3) is 0 Å². The third-order valence-electron chi connectivity index (χ3n) is 4.09. The maximum atomic E-state index is 11.9. The molecule has 1 aromatic heterocycles. The smallest absolute Gasteiger partial charge is 0.229 e. The van der Waals surface area contributed by atoms with E-state index in [-0.39, 0.29) is 17.7 Å². The van der Waals surface area contributed by atoms with E-state index in [2.05, 4.69) is 10.3 Å². The molecule has 0 spiro atoms. The van der Waals surface area contributed by atoms with Gasteiger partial charge in [0, 0.05) is 30.2 Å². The van der Waals surface area contributed by atoms with Gasteiger partial charge in [0.1, 0.15) is 0 Å². The van der Waals surface area contributed by atoms with Crippen LogP contribution in [-0.2, 0) is 22.6 Å². The van der Waals surface area contributed by atoms with Gasteiger partial charge in [0.2, 0.25) is 11.8 Å². The summed E-state index contributed by atoms with van der Waals surface area (Å²) in [6.45, 7) is 3.26. The van der Waals surface area contributed by atoms with Gasteiger partial charge in [-0.1, -0.05) is 24.7 Å². The van der Waals surface area contributed by atoms with Crippen molar-refractivity contribution in [2.24, 2.45) is 5.92 Å². The van der Waals surface area contributed by atoms with Crippen molar-refractivity contribution < 1.29 is 9.59 Å². The lowest BCUT2D eigenvalue weighted by Gasteiger charge is -2.25. The average molecular weight is 293 g/mol. The first-order chi connectivity index (χ1) is 9.67. The van der Waals surface area contributed by atoms with E-state index in [1.54, 1.807) is 0 Å². The predicted molar refractivity (Wildman–Crippen MR) is 77.5 cm³/mol. The molecule has 20 heavy (non-hydrogen) atoms. The van der Waals surface area contributed by atoms with Crippen molar-refractivity contribution >= 4 is 28.3 Å². The minimum absolute atomic E-state index is 0.101. The maximum Gasteiger partial charge on any atom is 0.229 e. The second-order valence-corrected chi connectivity index (χ2v) is 6.51. The third kappa shape index (κ3) is 2.57. The van der Waals surface area contributed by atoms with Crippen LogP contribution in [0.2, 0.25) is 0 Å². The monoisotopic (exact) mass is 293 g/mol. The molecule has 1 aliphatic carbocycles. The zero-order valence-electron chi connectivity index (χ0n) is 11.6. The molecule has 108 valence electrons. The van der Waals surface area contributed by atoms with Crippen LogP contribution in [0.1, 0.15) is 43.2 Å². The summed E-state index contributed by atoms with van der Waals surface area (Å²) >= 11 is 1.51. The molecule has 0 radical (unpaired) electrons. The first kappa shape index (κ1) is 13.5. The van der Waals surface area contributed by atoms with Crippen molar-refractivity contribution in [2.45, 2.75) is 45.6 Å². The van der Waals surface area contributed by atoms with E-state index >= 15 is 0 Å². The fraction of sp³-hybridized carbons (Fsp3) is 0.643.